The molecule has 1 fully saturated rings. The standard InChI is InChI=1S/C27H31N7O2/c1-4-6-7-8-19(3)18-20-13-16-34(17-14-20)26-25(30-23-24(31-26)33-36-32-23)29-22-11-9-21(10-12-22)27(35)28-15-5-2/h1,6-12,20H,5,13-18H2,2-3H3,(H,28,35)(H,29,30,32)/b7-6-,19-8+. The molecule has 0 unspecified atom stereocenters. The predicted octanol–water partition coefficient (Wildman–Crippen LogP) is 4.64. The lowest BCUT2D eigenvalue weighted by molar-refractivity contribution is 0.0953. The van der Waals surface area contributed by atoms with E-state index in [4.69, 9.17) is 16.0 Å². The van der Waals surface area contributed by atoms with Crippen molar-refractivity contribution < 1.29 is 9.42 Å². The van der Waals surface area contributed by atoms with Crippen LogP contribution in [0.25, 0.3) is 11.3 Å². The van der Waals surface area contributed by atoms with E-state index in [0.717, 1.165) is 44.5 Å². The highest BCUT2D eigenvalue weighted by Gasteiger charge is 2.24. The number of anilines is 3. The minimum Gasteiger partial charge on any atom is -0.353 e. The first kappa shape index (κ1) is 24.9. The second-order valence-electron chi connectivity index (χ2n) is 8.94. The summed E-state index contributed by atoms with van der Waals surface area (Å²) in [7, 11) is 0. The lowest BCUT2D eigenvalue weighted by Gasteiger charge is -2.33. The Bertz CT molecular complexity index is 1280. The van der Waals surface area contributed by atoms with Crippen LogP contribution in [0.4, 0.5) is 17.3 Å². The van der Waals surface area contributed by atoms with E-state index in [9.17, 15) is 4.79 Å². The smallest absolute Gasteiger partial charge is 0.251 e. The fraction of sp³-hybridized carbons (Fsp3) is 0.370. The molecule has 36 heavy (non-hydrogen) atoms. The molecule has 1 aliphatic rings. The van der Waals surface area contributed by atoms with Gasteiger partial charge in [-0.05, 0) is 79.2 Å². The molecular weight excluding hydrogens is 454 g/mol. The largest absolute Gasteiger partial charge is 0.353 e. The van der Waals surface area contributed by atoms with Gasteiger partial charge in [-0.1, -0.05) is 30.6 Å². The zero-order chi connectivity index (χ0) is 25.3. The maximum atomic E-state index is 12.2. The number of carbonyl (C=O) groups excluding carboxylic acids is 1. The normalized spacial score (nSPS) is 14.8. The summed E-state index contributed by atoms with van der Waals surface area (Å²) >= 11 is 0. The lowest BCUT2D eigenvalue weighted by atomic mass is 9.90. The van der Waals surface area contributed by atoms with Crippen LogP contribution in [0.1, 0.15) is 49.9 Å². The van der Waals surface area contributed by atoms with E-state index in [0.29, 0.717) is 41.0 Å². The summed E-state index contributed by atoms with van der Waals surface area (Å²) < 4.78 is 4.85. The zero-order valence-corrected chi connectivity index (χ0v) is 20.7. The van der Waals surface area contributed by atoms with Crippen LogP contribution in [0.2, 0.25) is 0 Å². The minimum absolute atomic E-state index is 0.0843. The Balaban J connectivity index is 1.47. The van der Waals surface area contributed by atoms with Crippen molar-refractivity contribution in [2.75, 3.05) is 29.9 Å². The first-order valence-electron chi connectivity index (χ1n) is 12.3. The topological polar surface area (TPSA) is 109 Å². The summed E-state index contributed by atoms with van der Waals surface area (Å²) in [5.74, 6) is 4.32. The number of fused-ring (bicyclic) bond motifs is 1. The number of nitrogens with one attached hydrogen (secondary N) is 2. The molecule has 4 rings (SSSR count). The molecule has 3 aromatic rings. The monoisotopic (exact) mass is 485 g/mol. The summed E-state index contributed by atoms with van der Waals surface area (Å²) in [6.45, 7) is 6.53. The number of benzene rings is 1. The molecule has 0 aliphatic carbocycles. The molecule has 0 saturated carbocycles. The van der Waals surface area contributed by atoms with Gasteiger partial charge in [-0.2, -0.15) is 0 Å². The van der Waals surface area contributed by atoms with Gasteiger partial charge in [-0.3, -0.25) is 4.79 Å². The summed E-state index contributed by atoms with van der Waals surface area (Å²) in [6, 6.07) is 7.29. The van der Waals surface area contributed by atoms with Gasteiger partial charge in [0.05, 0.1) is 0 Å². The highest BCUT2D eigenvalue weighted by atomic mass is 16.6. The number of piperidine rings is 1. The van der Waals surface area contributed by atoms with Gasteiger partial charge in [0.25, 0.3) is 5.91 Å². The third-order valence-electron chi connectivity index (χ3n) is 6.14. The number of rotatable bonds is 9. The average molecular weight is 486 g/mol. The first-order valence-corrected chi connectivity index (χ1v) is 12.3. The van der Waals surface area contributed by atoms with E-state index in [-0.39, 0.29) is 5.91 Å². The van der Waals surface area contributed by atoms with Crippen LogP contribution in [-0.4, -0.2) is 45.8 Å². The molecule has 0 bridgehead atoms. The van der Waals surface area contributed by atoms with Gasteiger partial charge in [0, 0.05) is 30.9 Å². The lowest BCUT2D eigenvalue weighted by Crippen LogP contribution is -2.35. The number of hydrogen-bond donors (Lipinski definition) is 2. The van der Waals surface area contributed by atoms with Gasteiger partial charge in [0.1, 0.15) is 0 Å². The number of aromatic nitrogens is 4. The number of carbonyl (C=O) groups is 1. The molecule has 1 aliphatic heterocycles. The summed E-state index contributed by atoms with van der Waals surface area (Å²) in [5.41, 5.74) is 3.44. The van der Waals surface area contributed by atoms with Gasteiger partial charge in [0.2, 0.25) is 11.3 Å². The van der Waals surface area contributed by atoms with E-state index < -0.39 is 0 Å². The van der Waals surface area contributed by atoms with Crippen LogP contribution in [0.5, 0.6) is 0 Å². The molecule has 1 amide bonds. The number of allylic oxidation sites excluding steroid dienone is 4. The molecule has 9 nitrogen and oxygen atoms in total. The summed E-state index contributed by atoms with van der Waals surface area (Å²) in [5, 5.41) is 14.0. The Hall–Kier alpha value is -4.19. The van der Waals surface area contributed by atoms with Gasteiger partial charge < -0.3 is 15.5 Å². The van der Waals surface area contributed by atoms with Crippen LogP contribution in [0.15, 0.2) is 52.7 Å². The minimum atomic E-state index is -0.0843. The van der Waals surface area contributed by atoms with Crippen molar-refractivity contribution in [3.05, 3.63) is 53.6 Å². The van der Waals surface area contributed by atoms with Gasteiger partial charge in [-0.25, -0.2) is 14.6 Å². The summed E-state index contributed by atoms with van der Waals surface area (Å²) in [4.78, 5) is 23.8. The molecular formula is C27H31N7O2. The Morgan fingerprint density at radius 2 is 1.92 bits per heavy atom. The molecule has 9 heteroatoms. The number of terminal acetylenes is 1. The second kappa shape index (κ2) is 12.0. The van der Waals surface area contributed by atoms with Crippen molar-refractivity contribution in [2.45, 2.75) is 39.5 Å². The molecule has 0 radical (unpaired) electrons. The fourth-order valence-corrected chi connectivity index (χ4v) is 4.26. The molecule has 1 aromatic carbocycles. The second-order valence-corrected chi connectivity index (χ2v) is 8.94. The van der Waals surface area contributed by atoms with E-state index in [1.807, 2.05) is 25.1 Å². The molecule has 2 N–H and O–H groups in total. The molecule has 0 spiro atoms. The van der Waals surface area contributed by atoms with Gasteiger partial charge in [-0.15, -0.1) is 6.42 Å². The van der Waals surface area contributed by atoms with Crippen molar-refractivity contribution in [1.29, 1.82) is 0 Å². The van der Waals surface area contributed by atoms with Crippen molar-refractivity contribution >= 4 is 34.5 Å². The van der Waals surface area contributed by atoms with Crippen LogP contribution < -0.4 is 15.5 Å². The fourth-order valence-electron chi connectivity index (χ4n) is 4.26. The van der Waals surface area contributed by atoms with Gasteiger partial charge >= 0.3 is 0 Å². The van der Waals surface area contributed by atoms with E-state index in [1.165, 1.54) is 5.57 Å². The van der Waals surface area contributed by atoms with Crippen LogP contribution in [0.3, 0.4) is 0 Å². The molecule has 2 aromatic heterocycles. The van der Waals surface area contributed by atoms with Crippen molar-refractivity contribution in [3.8, 4) is 12.3 Å². The Morgan fingerprint density at radius 3 is 2.61 bits per heavy atom. The quantitative estimate of drug-likeness (QED) is 0.333. The number of hydrogen-bond acceptors (Lipinski definition) is 8. The third kappa shape index (κ3) is 6.27. The van der Waals surface area contributed by atoms with Gasteiger partial charge in [0.15, 0.2) is 11.6 Å². The predicted molar refractivity (Wildman–Crippen MR) is 141 cm³/mol. The SMILES string of the molecule is C#C/C=C\C=C(/C)CC1CCN(c2nc3nonc3nc2Nc2ccc(C(=O)NCCC)cc2)CC1. The van der Waals surface area contributed by atoms with Crippen molar-refractivity contribution in [2.24, 2.45) is 5.92 Å². The molecule has 186 valence electrons. The van der Waals surface area contributed by atoms with Crippen molar-refractivity contribution in [1.82, 2.24) is 25.6 Å². The van der Waals surface area contributed by atoms with Crippen LogP contribution >= 0.6 is 0 Å². The Morgan fingerprint density at radius 1 is 1.19 bits per heavy atom. The molecule has 0 atom stereocenters. The molecule has 3 heterocycles. The summed E-state index contributed by atoms with van der Waals surface area (Å²) in [6.07, 6.45) is 15.0. The van der Waals surface area contributed by atoms with Crippen LogP contribution in [0, 0.1) is 18.3 Å². The first-order chi connectivity index (χ1) is 17.6. The average Bonchev–Trinajstić information content (AvgIpc) is 3.35. The number of nitrogens with zero attached hydrogens (tertiary/aromatic N) is 5. The Kier molecular flexibility index (Phi) is 8.29. The maximum Gasteiger partial charge on any atom is 0.251 e. The zero-order valence-electron chi connectivity index (χ0n) is 20.7. The molecule has 1 saturated heterocycles. The van der Waals surface area contributed by atoms with E-state index in [1.54, 1.807) is 18.2 Å². The third-order valence-corrected chi connectivity index (χ3v) is 6.14. The highest BCUT2D eigenvalue weighted by molar-refractivity contribution is 5.94. The van der Waals surface area contributed by atoms with E-state index in [2.05, 4.69) is 49.8 Å². The number of amides is 1. The van der Waals surface area contributed by atoms with Crippen LogP contribution in [-0.2, 0) is 0 Å². The van der Waals surface area contributed by atoms with E-state index >= 15 is 0 Å². The Labute approximate surface area is 211 Å². The highest BCUT2D eigenvalue weighted by Crippen LogP contribution is 2.32. The maximum absolute atomic E-state index is 12.2. The van der Waals surface area contributed by atoms with Crippen molar-refractivity contribution in [3.63, 3.8) is 0 Å².